The molecule has 0 spiro atoms. The van der Waals surface area contributed by atoms with Gasteiger partial charge in [-0.2, -0.15) is 0 Å². The van der Waals surface area contributed by atoms with Crippen LogP contribution in [0.5, 0.6) is 11.5 Å². The SMILES string of the molecule is CCOC(=O)C(O)c1cc(OC)c(OC)cc1C(C)F. The Labute approximate surface area is 117 Å². The van der Waals surface area contributed by atoms with Crippen LogP contribution in [0.1, 0.15) is 37.3 Å². The molecule has 0 bridgehead atoms. The first-order chi connectivity index (χ1) is 9.46. The molecule has 2 atom stereocenters. The molecule has 0 aliphatic carbocycles. The Bertz CT molecular complexity index is 473. The van der Waals surface area contributed by atoms with E-state index in [2.05, 4.69) is 0 Å². The van der Waals surface area contributed by atoms with E-state index in [1.807, 2.05) is 0 Å². The molecular formula is C14H19FO5. The summed E-state index contributed by atoms with van der Waals surface area (Å²) in [5.74, 6) is -0.205. The van der Waals surface area contributed by atoms with Gasteiger partial charge < -0.3 is 19.3 Å². The molecule has 5 nitrogen and oxygen atoms in total. The number of aliphatic hydroxyl groups excluding tert-OH is 1. The van der Waals surface area contributed by atoms with Crippen LogP contribution in [0.4, 0.5) is 4.39 Å². The molecule has 0 fully saturated rings. The first-order valence-corrected chi connectivity index (χ1v) is 6.20. The molecule has 0 radical (unpaired) electrons. The van der Waals surface area contributed by atoms with Crippen molar-refractivity contribution in [3.05, 3.63) is 23.3 Å². The monoisotopic (exact) mass is 286 g/mol. The predicted octanol–water partition coefficient (Wildman–Crippen LogP) is 2.33. The van der Waals surface area contributed by atoms with Crippen molar-refractivity contribution < 1.29 is 28.5 Å². The quantitative estimate of drug-likeness (QED) is 0.813. The summed E-state index contributed by atoms with van der Waals surface area (Å²) >= 11 is 0. The maximum Gasteiger partial charge on any atom is 0.339 e. The minimum absolute atomic E-state index is 0.108. The Kier molecular flexibility index (Phi) is 5.76. The van der Waals surface area contributed by atoms with Gasteiger partial charge in [-0.1, -0.05) is 0 Å². The van der Waals surface area contributed by atoms with Gasteiger partial charge in [0.2, 0.25) is 0 Å². The third-order valence-electron chi connectivity index (χ3n) is 2.82. The fourth-order valence-corrected chi connectivity index (χ4v) is 1.84. The van der Waals surface area contributed by atoms with Crippen molar-refractivity contribution in [2.45, 2.75) is 26.1 Å². The lowest BCUT2D eigenvalue weighted by molar-refractivity contribution is -0.153. The number of carbonyl (C=O) groups is 1. The highest BCUT2D eigenvalue weighted by atomic mass is 19.1. The standard InChI is InChI=1S/C14H19FO5/c1-5-20-14(17)13(16)10-7-12(19-4)11(18-3)6-9(10)8(2)15/h6-8,13,16H,5H2,1-4H3. The third-order valence-corrected chi connectivity index (χ3v) is 2.82. The second-order valence-corrected chi connectivity index (χ2v) is 4.11. The minimum atomic E-state index is -1.57. The summed E-state index contributed by atoms with van der Waals surface area (Å²) in [4.78, 5) is 11.6. The number of rotatable bonds is 6. The van der Waals surface area contributed by atoms with Crippen molar-refractivity contribution in [2.24, 2.45) is 0 Å². The van der Waals surface area contributed by atoms with E-state index in [0.717, 1.165) is 0 Å². The summed E-state index contributed by atoms with van der Waals surface area (Å²) in [6, 6.07) is 2.78. The summed E-state index contributed by atoms with van der Waals surface area (Å²) < 4.78 is 28.6. The van der Waals surface area contributed by atoms with E-state index in [9.17, 15) is 14.3 Å². The maximum absolute atomic E-state index is 13.7. The van der Waals surface area contributed by atoms with E-state index >= 15 is 0 Å². The summed E-state index contributed by atoms with van der Waals surface area (Å²) in [5.41, 5.74) is 0.263. The zero-order valence-corrected chi connectivity index (χ0v) is 12.0. The Balaban J connectivity index is 3.31. The molecule has 0 saturated carbocycles. The Morgan fingerprint density at radius 2 is 1.75 bits per heavy atom. The highest BCUT2D eigenvalue weighted by Gasteiger charge is 2.26. The molecular weight excluding hydrogens is 267 g/mol. The lowest BCUT2D eigenvalue weighted by atomic mass is 9.98. The number of benzene rings is 1. The Hall–Kier alpha value is -1.82. The van der Waals surface area contributed by atoms with Crippen molar-refractivity contribution in [2.75, 3.05) is 20.8 Å². The lowest BCUT2D eigenvalue weighted by Gasteiger charge is -2.18. The largest absolute Gasteiger partial charge is 0.493 e. The van der Waals surface area contributed by atoms with Gasteiger partial charge in [0.15, 0.2) is 17.6 Å². The average molecular weight is 286 g/mol. The van der Waals surface area contributed by atoms with Crippen LogP contribution in [0.25, 0.3) is 0 Å². The van der Waals surface area contributed by atoms with Crippen molar-refractivity contribution in [1.29, 1.82) is 0 Å². The number of carbonyl (C=O) groups excluding carboxylic acids is 1. The smallest absolute Gasteiger partial charge is 0.339 e. The van der Waals surface area contributed by atoms with E-state index in [1.54, 1.807) is 6.92 Å². The Morgan fingerprint density at radius 1 is 1.25 bits per heavy atom. The van der Waals surface area contributed by atoms with E-state index < -0.39 is 18.2 Å². The molecule has 1 aromatic carbocycles. The molecule has 6 heteroatoms. The minimum Gasteiger partial charge on any atom is -0.493 e. The molecule has 0 aliphatic heterocycles. The van der Waals surface area contributed by atoms with Crippen molar-refractivity contribution in [1.82, 2.24) is 0 Å². The van der Waals surface area contributed by atoms with Gasteiger partial charge in [0.25, 0.3) is 0 Å². The number of alkyl halides is 1. The van der Waals surface area contributed by atoms with Crippen LogP contribution in [0, 0.1) is 0 Å². The molecule has 1 N–H and O–H groups in total. The highest BCUT2D eigenvalue weighted by molar-refractivity contribution is 5.77. The van der Waals surface area contributed by atoms with Gasteiger partial charge in [0, 0.05) is 5.56 Å². The molecule has 0 aromatic heterocycles. The number of hydrogen-bond donors (Lipinski definition) is 1. The molecule has 0 aliphatic rings. The fourth-order valence-electron chi connectivity index (χ4n) is 1.84. The number of halogens is 1. The van der Waals surface area contributed by atoms with Gasteiger partial charge in [0.05, 0.1) is 20.8 Å². The molecule has 20 heavy (non-hydrogen) atoms. The van der Waals surface area contributed by atoms with Crippen molar-refractivity contribution in [3.8, 4) is 11.5 Å². The van der Waals surface area contributed by atoms with Crippen LogP contribution in [0.15, 0.2) is 12.1 Å². The molecule has 1 rings (SSSR count). The third kappa shape index (κ3) is 3.39. The van der Waals surface area contributed by atoms with Crippen LogP contribution in [-0.2, 0) is 9.53 Å². The topological polar surface area (TPSA) is 65.0 Å². The molecule has 0 saturated heterocycles. The van der Waals surface area contributed by atoms with Crippen molar-refractivity contribution in [3.63, 3.8) is 0 Å². The fraction of sp³-hybridized carbons (Fsp3) is 0.500. The summed E-state index contributed by atoms with van der Waals surface area (Å²) in [6.07, 6.45) is -2.95. The van der Waals surface area contributed by atoms with Crippen LogP contribution in [-0.4, -0.2) is 31.9 Å². The average Bonchev–Trinajstić information content (AvgIpc) is 2.44. The number of aliphatic hydroxyl groups is 1. The van der Waals surface area contributed by atoms with E-state index in [4.69, 9.17) is 14.2 Å². The number of esters is 1. The van der Waals surface area contributed by atoms with Crippen molar-refractivity contribution >= 4 is 5.97 Å². The van der Waals surface area contributed by atoms with Gasteiger partial charge in [-0.25, -0.2) is 9.18 Å². The molecule has 112 valence electrons. The van der Waals surface area contributed by atoms with Crippen LogP contribution in [0.2, 0.25) is 0 Å². The Morgan fingerprint density at radius 3 is 2.15 bits per heavy atom. The second-order valence-electron chi connectivity index (χ2n) is 4.11. The maximum atomic E-state index is 13.7. The first-order valence-electron chi connectivity index (χ1n) is 6.20. The number of ether oxygens (including phenoxy) is 3. The normalized spacial score (nSPS) is 13.5. The predicted molar refractivity (Wildman–Crippen MR) is 70.7 cm³/mol. The zero-order valence-electron chi connectivity index (χ0n) is 12.0. The lowest BCUT2D eigenvalue weighted by Crippen LogP contribution is -2.17. The van der Waals surface area contributed by atoms with E-state index in [-0.39, 0.29) is 17.7 Å². The van der Waals surface area contributed by atoms with Gasteiger partial charge in [0.1, 0.15) is 6.17 Å². The number of methoxy groups -OCH3 is 2. The summed E-state index contributed by atoms with van der Waals surface area (Å²) in [5, 5.41) is 10.00. The van der Waals surface area contributed by atoms with Gasteiger partial charge >= 0.3 is 5.97 Å². The van der Waals surface area contributed by atoms with Crippen LogP contribution in [0.3, 0.4) is 0 Å². The van der Waals surface area contributed by atoms with Crippen LogP contribution < -0.4 is 9.47 Å². The van der Waals surface area contributed by atoms with Gasteiger partial charge in [-0.05, 0) is 31.5 Å². The van der Waals surface area contributed by atoms with Gasteiger partial charge in [-0.15, -0.1) is 0 Å². The van der Waals surface area contributed by atoms with Crippen LogP contribution >= 0.6 is 0 Å². The highest BCUT2D eigenvalue weighted by Crippen LogP contribution is 2.37. The first kappa shape index (κ1) is 16.2. The summed E-state index contributed by atoms with van der Waals surface area (Å²) in [7, 11) is 2.84. The molecule has 0 heterocycles. The molecule has 2 unspecified atom stereocenters. The van der Waals surface area contributed by atoms with E-state index in [1.165, 1.54) is 33.3 Å². The molecule has 1 aromatic rings. The number of hydrogen-bond acceptors (Lipinski definition) is 5. The zero-order chi connectivity index (χ0) is 15.3. The molecule has 0 amide bonds. The van der Waals surface area contributed by atoms with Gasteiger partial charge in [-0.3, -0.25) is 0 Å². The summed E-state index contributed by atoms with van der Waals surface area (Å²) in [6.45, 7) is 3.06. The second kappa shape index (κ2) is 7.09. The van der Waals surface area contributed by atoms with E-state index in [0.29, 0.717) is 11.5 Å².